The zero-order chi connectivity index (χ0) is 8.10. The zero-order valence-electron chi connectivity index (χ0n) is 6.99. The number of aromatic nitrogens is 3. The van der Waals surface area contributed by atoms with Crippen molar-refractivity contribution < 1.29 is 0 Å². The number of aryl methyl sites for hydroxylation is 1. The van der Waals surface area contributed by atoms with Crippen molar-refractivity contribution in [3.8, 4) is 0 Å². The lowest BCUT2D eigenvalue weighted by molar-refractivity contribution is 0.509. The molecular formula is C7H14N4. The molecule has 1 unspecified atom stereocenters. The fourth-order valence-electron chi connectivity index (χ4n) is 0.825. The molecule has 0 fully saturated rings. The first kappa shape index (κ1) is 8.20. The van der Waals surface area contributed by atoms with E-state index >= 15 is 0 Å². The summed E-state index contributed by atoms with van der Waals surface area (Å²) in [5.74, 6) is 0. The maximum Gasteiger partial charge on any atom is 0.119 e. The van der Waals surface area contributed by atoms with E-state index in [1.807, 2.05) is 11.6 Å². The Morgan fingerprint density at radius 3 is 2.64 bits per heavy atom. The lowest BCUT2D eigenvalue weighted by Gasteiger charge is -2.08. The van der Waals surface area contributed by atoms with Crippen LogP contribution in [0.2, 0.25) is 0 Å². The molecule has 1 atom stereocenters. The van der Waals surface area contributed by atoms with Crippen molar-refractivity contribution in [3.63, 3.8) is 0 Å². The van der Waals surface area contributed by atoms with Gasteiger partial charge < -0.3 is 9.88 Å². The number of nitrogens with one attached hydrogen (secondary N) is 1. The van der Waals surface area contributed by atoms with E-state index < -0.39 is 0 Å². The standard InChI is InChI=1S/C7H14N4/c1-7(8-2)3-4-11-5-9-10-6-11/h5-8H,3-4H2,1-2H3. The third-order valence-electron chi connectivity index (χ3n) is 1.78. The molecule has 0 aromatic carbocycles. The predicted molar refractivity (Wildman–Crippen MR) is 43.2 cm³/mol. The molecule has 0 aliphatic carbocycles. The number of hydrogen-bond acceptors (Lipinski definition) is 3. The number of rotatable bonds is 4. The molecule has 11 heavy (non-hydrogen) atoms. The Labute approximate surface area is 66.6 Å². The van der Waals surface area contributed by atoms with Crippen molar-refractivity contribution in [1.82, 2.24) is 20.1 Å². The Hall–Kier alpha value is -0.900. The predicted octanol–water partition coefficient (Wildman–Crippen LogP) is 0.276. The quantitative estimate of drug-likeness (QED) is 0.677. The lowest BCUT2D eigenvalue weighted by Crippen LogP contribution is -2.22. The molecule has 1 aromatic heterocycles. The van der Waals surface area contributed by atoms with Gasteiger partial charge in [-0.2, -0.15) is 0 Å². The molecule has 0 spiro atoms. The molecule has 62 valence electrons. The second-order valence-electron chi connectivity index (χ2n) is 2.68. The van der Waals surface area contributed by atoms with Gasteiger partial charge >= 0.3 is 0 Å². The summed E-state index contributed by atoms with van der Waals surface area (Å²) in [5.41, 5.74) is 0. The molecule has 1 heterocycles. The van der Waals surface area contributed by atoms with Crippen LogP contribution in [0.4, 0.5) is 0 Å². The summed E-state index contributed by atoms with van der Waals surface area (Å²) in [4.78, 5) is 0. The minimum Gasteiger partial charge on any atom is -0.320 e. The van der Waals surface area contributed by atoms with Crippen molar-refractivity contribution in [3.05, 3.63) is 12.7 Å². The minimum atomic E-state index is 0.553. The Bertz CT molecular complexity index is 182. The Kier molecular flexibility index (Phi) is 3.04. The largest absolute Gasteiger partial charge is 0.320 e. The summed E-state index contributed by atoms with van der Waals surface area (Å²) in [6.07, 6.45) is 4.58. The topological polar surface area (TPSA) is 42.7 Å². The molecule has 1 N–H and O–H groups in total. The summed E-state index contributed by atoms with van der Waals surface area (Å²) in [7, 11) is 1.97. The van der Waals surface area contributed by atoms with E-state index in [4.69, 9.17) is 0 Å². The third kappa shape index (κ3) is 2.67. The van der Waals surface area contributed by atoms with Gasteiger partial charge in [-0.1, -0.05) is 0 Å². The summed E-state index contributed by atoms with van der Waals surface area (Å²) < 4.78 is 1.98. The van der Waals surface area contributed by atoms with Crippen molar-refractivity contribution in [2.75, 3.05) is 7.05 Å². The van der Waals surface area contributed by atoms with Gasteiger partial charge in [0.15, 0.2) is 0 Å². The van der Waals surface area contributed by atoms with Crippen LogP contribution < -0.4 is 5.32 Å². The molecule has 0 aliphatic rings. The fourth-order valence-corrected chi connectivity index (χ4v) is 0.825. The summed E-state index contributed by atoms with van der Waals surface area (Å²) in [6, 6.07) is 0.553. The van der Waals surface area contributed by atoms with Crippen LogP contribution in [-0.2, 0) is 6.54 Å². The molecule has 0 bridgehead atoms. The number of hydrogen-bond donors (Lipinski definition) is 1. The van der Waals surface area contributed by atoms with E-state index in [1.165, 1.54) is 0 Å². The van der Waals surface area contributed by atoms with E-state index in [0.717, 1.165) is 13.0 Å². The van der Waals surface area contributed by atoms with Gasteiger partial charge in [0.1, 0.15) is 12.7 Å². The maximum absolute atomic E-state index is 3.72. The smallest absolute Gasteiger partial charge is 0.119 e. The molecule has 4 nitrogen and oxygen atoms in total. The van der Waals surface area contributed by atoms with Crippen molar-refractivity contribution in [2.24, 2.45) is 0 Å². The molecule has 0 amide bonds. The molecule has 1 rings (SSSR count). The second kappa shape index (κ2) is 4.08. The van der Waals surface area contributed by atoms with Crippen LogP contribution in [0.15, 0.2) is 12.7 Å². The maximum atomic E-state index is 3.72. The highest BCUT2D eigenvalue weighted by Crippen LogP contribution is 1.93. The van der Waals surface area contributed by atoms with E-state index in [0.29, 0.717) is 6.04 Å². The van der Waals surface area contributed by atoms with Crippen LogP contribution in [0.5, 0.6) is 0 Å². The van der Waals surface area contributed by atoms with E-state index in [9.17, 15) is 0 Å². The molecular weight excluding hydrogens is 140 g/mol. The zero-order valence-corrected chi connectivity index (χ0v) is 6.99. The first-order chi connectivity index (χ1) is 5.33. The Morgan fingerprint density at radius 1 is 1.45 bits per heavy atom. The van der Waals surface area contributed by atoms with Crippen molar-refractivity contribution in [2.45, 2.75) is 25.9 Å². The molecule has 1 aromatic rings. The van der Waals surface area contributed by atoms with E-state index in [-0.39, 0.29) is 0 Å². The van der Waals surface area contributed by atoms with E-state index in [1.54, 1.807) is 12.7 Å². The normalized spacial score (nSPS) is 13.3. The first-order valence-electron chi connectivity index (χ1n) is 3.82. The molecule has 0 aliphatic heterocycles. The van der Waals surface area contributed by atoms with Crippen LogP contribution in [0.1, 0.15) is 13.3 Å². The molecule has 0 radical (unpaired) electrons. The van der Waals surface area contributed by atoms with Crippen molar-refractivity contribution in [1.29, 1.82) is 0 Å². The SMILES string of the molecule is CNC(C)CCn1cnnc1. The van der Waals surface area contributed by atoms with Gasteiger partial charge in [-0.25, -0.2) is 0 Å². The lowest BCUT2D eigenvalue weighted by atomic mass is 10.2. The Morgan fingerprint density at radius 2 is 2.09 bits per heavy atom. The van der Waals surface area contributed by atoms with Gasteiger partial charge in [0.2, 0.25) is 0 Å². The summed E-state index contributed by atoms with van der Waals surface area (Å²) in [6.45, 7) is 3.14. The number of nitrogens with zero attached hydrogens (tertiary/aromatic N) is 3. The third-order valence-corrected chi connectivity index (χ3v) is 1.78. The highest BCUT2D eigenvalue weighted by Gasteiger charge is 1.97. The van der Waals surface area contributed by atoms with Crippen LogP contribution >= 0.6 is 0 Å². The molecule has 4 heteroatoms. The van der Waals surface area contributed by atoms with Crippen molar-refractivity contribution >= 4 is 0 Å². The summed E-state index contributed by atoms with van der Waals surface area (Å²) >= 11 is 0. The highest BCUT2D eigenvalue weighted by molar-refractivity contribution is 4.63. The van der Waals surface area contributed by atoms with Gasteiger partial charge in [-0.15, -0.1) is 10.2 Å². The van der Waals surface area contributed by atoms with Crippen LogP contribution in [0, 0.1) is 0 Å². The average Bonchev–Trinajstić information content (AvgIpc) is 2.52. The summed E-state index contributed by atoms with van der Waals surface area (Å²) in [5, 5.41) is 10.6. The van der Waals surface area contributed by atoms with Crippen LogP contribution in [-0.4, -0.2) is 27.9 Å². The highest BCUT2D eigenvalue weighted by atomic mass is 15.2. The van der Waals surface area contributed by atoms with Crippen LogP contribution in [0.25, 0.3) is 0 Å². The van der Waals surface area contributed by atoms with Crippen LogP contribution in [0.3, 0.4) is 0 Å². The second-order valence-corrected chi connectivity index (χ2v) is 2.68. The Balaban J connectivity index is 2.23. The van der Waals surface area contributed by atoms with Gasteiger partial charge in [0, 0.05) is 12.6 Å². The monoisotopic (exact) mass is 154 g/mol. The average molecular weight is 154 g/mol. The molecule has 0 saturated carbocycles. The van der Waals surface area contributed by atoms with Gasteiger partial charge in [0.05, 0.1) is 0 Å². The van der Waals surface area contributed by atoms with Gasteiger partial charge in [-0.3, -0.25) is 0 Å². The minimum absolute atomic E-state index is 0.553. The van der Waals surface area contributed by atoms with Gasteiger partial charge in [-0.05, 0) is 20.4 Å². The van der Waals surface area contributed by atoms with E-state index in [2.05, 4.69) is 22.4 Å². The first-order valence-corrected chi connectivity index (χ1v) is 3.82. The molecule has 0 saturated heterocycles. The van der Waals surface area contributed by atoms with Gasteiger partial charge in [0.25, 0.3) is 0 Å². The fraction of sp³-hybridized carbons (Fsp3) is 0.714.